The first kappa shape index (κ1) is 19.7. The number of benzene rings is 2. The van der Waals surface area contributed by atoms with E-state index in [9.17, 15) is 14.4 Å². The second kappa shape index (κ2) is 7.04. The van der Waals surface area contributed by atoms with E-state index < -0.39 is 17.6 Å². The molecule has 4 rings (SSSR count). The van der Waals surface area contributed by atoms with Gasteiger partial charge in [-0.3, -0.25) is 19.3 Å². The number of nitrogens with one attached hydrogen (secondary N) is 1. The standard InChI is InChI=1S/C21H19Cl2N3O3/c1-12(14-8-7-13(22)11-16(14)23)24-20(29)21-10-9-18(27)26(21)17-6-4-3-5-15(17)19(28)25(21)2/h3-8,11-12H,9-10H2,1-2H3,(H,24,29)/t12-,21+/m1/s1. The third-order valence-electron chi connectivity index (χ3n) is 5.68. The number of nitrogens with zero attached hydrogens (tertiary/aromatic N) is 2. The molecule has 2 aromatic rings. The molecule has 2 heterocycles. The number of hydrogen-bond donors (Lipinski definition) is 1. The van der Waals surface area contributed by atoms with Crippen LogP contribution in [0.3, 0.4) is 0 Å². The summed E-state index contributed by atoms with van der Waals surface area (Å²) in [4.78, 5) is 42.1. The van der Waals surface area contributed by atoms with Gasteiger partial charge in [0.25, 0.3) is 11.8 Å². The van der Waals surface area contributed by atoms with Crippen molar-refractivity contribution in [1.29, 1.82) is 0 Å². The van der Waals surface area contributed by atoms with Gasteiger partial charge in [-0.2, -0.15) is 0 Å². The van der Waals surface area contributed by atoms with Gasteiger partial charge in [-0.05, 0) is 36.8 Å². The van der Waals surface area contributed by atoms with Gasteiger partial charge >= 0.3 is 0 Å². The molecule has 2 aliphatic rings. The Bertz CT molecular complexity index is 1040. The third kappa shape index (κ3) is 2.90. The predicted molar refractivity (Wildman–Crippen MR) is 111 cm³/mol. The average molecular weight is 432 g/mol. The number of para-hydroxylation sites is 1. The van der Waals surface area contributed by atoms with E-state index >= 15 is 0 Å². The van der Waals surface area contributed by atoms with Crippen molar-refractivity contribution in [2.24, 2.45) is 0 Å². The number of halogens is 2. The van der Waals surface area contributed by atoms with Gasteiger partial charge in [0.15, 0.2) is 0 Å². The van der Waals surface area contributed by atoms with Crippen LogP contribution in [-0.2, 0) is 9.59 Å². The summed E-state index contributed by atoms with van der Waals surface area (Å²) in [6.45, 7) is 1.80. The summed E-state index contributed by atoms with van der Waals surface area (Å²) in [6.07, 6.45) is 0.394. The monoisotopic (exact) mass is 431 g/mol. The zero-order valence-corrected chi connectivity index (χ0v) is 17.4. The molecule has 29 heavy (non-hydrogen) atoms. The minimum atomic E-state index is -1.41. The van der Waals surface area contributed by atoms with E-state index in [2.05, 4.69) is 5.32 Å². The van der Waals surface area contributed by atoms with Gasteiger partial charge in [-0.15, -0.1) is 0 Å². The Morgan fingerprint density at radius 1 is 1.17 bits per heavy atom. The average Bonchev–Trinajstić information content (AvgIpc) is 3.04. The first-order valence-electron chi connectivity index (χ1n) is 9.23. The molecule has 0 unspecified atom stereocenters. The van der Waals surface area contributed by atoms with E-state index in [0.29, 0.717) is 26.9 Å². The van der Waals surface area contributed by atoms with Gasteiger partial charge < -0.3 is 10.2 Å². The third-order valence-corrected chi connectivity index (χ3v) is 6.24. The Balaban J connectivity index is 1.73. The maximum atomic E-state index is 13.5. The van der Waals surface area contributed by atoms with Crippen molar-refractivity contribution in [2.45, 2.75) is 31.5 Å². The Morgan fingerprint density at radius 3 is 2.62 bits per heavy atom. The molecule has 2 aliphatic heterocycles. The van der Waals surface area contributed by atoms with Crippen LogP contribution >= 0.6 is 23.2 Å². The van der Waals surface area contributed by atoms with Gasteiger partial charge in [0, 0.05) is 29.9 Å². The lowest BCUT2D eigenvalue weighted by molar-refractivity contribution is -0.133. The minimum Gasteiger partial charge on any atom is -0.346 e. The highest BCUT2D eigenvalue weighted by Crippen LogP contribution is 2.44. The molecule has 8 heteroatoms. The zero-order valence-electron chi connectivity index (χ0n) is 15.9. The number of fused-ring (bicyclic) bond motifs is 3. The molecule has 0 saturated carbocycles. The number of amides is 3. The molecule has 2 atom stereocenters. The van der Waals surface area contributed by atoms with Gasteiger partial charge in [0.1, 0.15) is 0 Å². The van der Waals surface area contributed by atoms with Crippen LogP contribution in [0.1, 0.15) is 41.7 Å². The lowest BCUT2D eigenvalue weighted by Gasteiger charge is -2.47. The van der Waals surface area contributed by atoms with E-state index in [1.165, 1.54) is 9.80 Å². The number of carbonyl (C=O) groups excluding carboxylic acids is 3. The van der Waals surface area contributed by atoms with Crippen molar-refractivity contribution in [3.05, 3.63) is 63.6 Å². The summed E-state index contributed by atoms with van der Waals surface area (Å²) in [5.41, 5.74) is 0.158. The molecule has 0 aliphatic carbocycles. The van der Waals surface area contributed by atoms with Gasteiger partial charge in [0.2, 0.25) is 11.6 Å². The van der Waals surface area contributed by atoms with Gasteiger partial charge in [-0.1, -0.05) is 41.4 Å². The molecule has 1 N–H and O–H groups in total. The van der Waals surface area contributed by atoms with Gasteiger partial charge in [0.05, 0.1) is 17.3 Å². The molecule has 6 nitrogen and oxygen atoms in total. The molecule has 0 aromatic heterocycles. The summed E-state index contributed by atoms with van der Waals surface area (Å²) < 4.78 is 0. The molecule has 150 valence electrons. The highest BCUT2D eigenvalue weighted by atomic mass is 35.5. The highest BCUT2D eigenvalue weighted by molar-refractivity contribution is 6.35. The molecular formula is C21H19Cl2N3O3. The van der Waals surface area contributed by atoms with Crippen LogP contribution in [0.2, 0.25) is 10.0 Å². The van der Waals surface area contributed by atoms with E-state index in [1.807, 2.05) is 0 Å². The Morgan fingerprint density at radius 2 is 1.90 bits per heavy atom. The number of anilines is 1. The molecular weight excluding hydrogens is 413 g/mol. The van der Waals surface area contributed by atoms with Crippen molar-refractivity contribution in [1.82, 2.24) is 10.2 Å². The Kier molecular flexibility index (Phi) is 4.79. The molecule has 1 fully saturated rings. The second-order valence-corrected chi connectivity index (χ2v) is 8.13. The largest absolute Gasteiger partial charge is 0.346 e. The van der Waals surface area contributed by atoms with Crippen LogP contribution in [-0.4, -0.2) is 35.3 Å². The maximum Gasteiger partial charge on any atom is 0.267 e. The fourth-order valence-corrected chi connectivity index (χ4v) is 4.74. The van der Waals surface area contributed by atoms with Crippen molar-refractivity contribution >= 4 is 46.6 Å². The topological polar surface area (TPSA) is 69.7 Å². The van der Waals surface area contributed by atoms with Crippen LogP contribution in [0.4, 0.5) is 5.69 Å². The van der Waals surface area contributed by atoms with Crippen LogP contribution in [0.5, 0.6) is 0 Å². The molecule has 2 aromatic carbocycles. The number of rotatable bonds is 3. The zero-order chi connectivity index (χ0) is 20.9. The van der Waals surface area contributed by atoms with Crippen LogP contribution in [0, 0.1) is 0 Å². The summed E-state index contributed by atoms with van der Waals surface area (Å²) in [5.74, 6) is -0.907. The lowest BCUT2D eigenvalue weighted by atomic mass is 9.95. The van der Waals surface area contributed by atoms with Crippen LogP contribution < -0.4 is 10.2 Å². The summed E-state index contributed by atoms with van der Waals surface area (Å²) in [7, 11) is 1.56. The Labute approximate surface area is 178 Å². The molecule has 0 bridgehead atoms. The molecule has 0 radical (unpaired) electrons. The van der Waals surface area contributed by atoms with Crippen LogP contribution in [0.15, 0.2) is 42.5 Å². The first-order valence-corrected chi connectivity index (χ1v) is 9.99. The van der Waals surface area contributed by atoms with Crippen molar-refractivity contribution in [3.8, 4) is 0 Å². The van der Waals surface area contributed by atoms with E-state index in [0.717, 1.165) is 0 Å². The maximum absolute atomic E-state index is 13.5. The lowest BCUT2D eigenvalue weighted by Crippen LogP contribution is -2.69. The second-order valence-electron chi connectivity index (χ2n) is 7.29. The smallest absolute Gasteiger partial charge is 0.267 e. The van der Waals surface area contributed by atoms with E-state index in [4.69, 9.17) is 23.2 Å². The number of hydrogen-bond acceptors (Lipinski definition) is 3. The van der Waals surface area contributed by atoms with Crippen LogP contribution in [0.25, 0.3) is 0 Å². The minimum absolute atomic E-state index is 0.176. The number of carbonyl (C=O) groups is 3. The van der Waals surface area contributed by atoms with Gasteiger partial charge in [-0.25, -0.2) is 0 Å². The summed E-state index contributed by atoms with van der Waals surface area (Å²) >= 11 is 12.2. The van der Waals surface area contributed by atoms with Crippen molar-refractivity contribution < 1.29 is 14.4 Å². The summed E-state index contributed by atoms with van der Waals surface area (Å²) in [5, 5.41) is 3.87. The fourth-order valence-electron chi connectivity index (χ4n) is 4.17. The fraction of sp³-hybridized carbons (Fsp3) is 0.286. The van der Waals surface area contributed by atoms with Crippen molar-refractivity contribution in [3.63, 3.8) is 0 Å². The molecule has 3 amide bonds. The quantitative estimate of drug-likeness (QED) is 0.803. The SMILES string of the molecule is C[C@@H](NC(=O)[C@]12CCC(=O)N1c1ccccc1C(=O)N2C)c1ccc(Cl)cc1Cl. The van der Waals surface area contributed by atoms with Crippen molar-refractivity contribution in [2.75, 3.05) is 11.9 Å². The van der Waals surface area contributed by atoms with E-state index in [-0.39, 0.29) is 24.7 Å². The molecule has 1 saturated heterocycles. The number of likely N-dealkylation sites (N-methyl/N-ethyl adjacent to an activating group) is 1. The summed E-state index contributed by atoms with van der Waals surface area (Å²) in [6, 6.07) is 11.5. The Hall–Kier alpha value is -2.57. The molecule has 0 spiro atoms. The normalized spacial score (nSPS) is 21.7. The van der Waals surface area contributed by atoms with E-state index in [1.54, 1.807) is 56.4 Å². The highest BCUT2D eigenvalue weighted by Gasteiger charge is 2.59. The first-order chi connectivity index (χ1) is 13.8. The predicted octanol–water partition coefficient (Wildman–Crippen LogP) is 3.78.